The first kappa shape index (κ1) is 12.6. The van der Waals surface area contributed by atoms with Gasteiger partial charge < -0.3 is 0 Å². The molecule has 0 bridgehead atoms. The summed E-state index contributed by atoms with van der Waals surface area (Å²) in [4.78, 5) is 0. The van der Waals surface area contributed by atoms with Gasteiger partial charge in [-0.1, -0.05) is 6.08 Å². The van der Waals surface area contributed by atoms with Gasteiger partial charge in [0.25, 0.3) is 10.1 Å². The van der Waals surface area contributed by atoms with Gasteiger partial charge in [-0.15, -0.1) is 6.58 Å². The van der Waals surface area contributed by atoms with E-state index in [4.69, 9.17) is 0 Å². The van der Waals surface area contributed by atoms with Crippen LogP contribution in [0.25, 0.3) is 0 Å². The third kappa shape index (κ3) is 4.26. The molecule has 1 heterocycles. The summed E-state index contributed by atoms with van der Waals surface area (Å²) < 4.78 is 56.6. The minimum Gasteiger partial charge on any atom is -0.267 e. The molecule has 0 amide bonds. The summed E-state index contributed by atoms with van der Waals surface area (Å²) in [5, 5.41) is 0. The van der Waals surface area contributed by atoms with Crippen molar-refractivity contribution < 1.29 is 29.4 Å². The first-order chi connectivity index (χ1) is 6.85. The minimum absolute atomic E-state index is 0.233. The largest absolute Gasteiger partial charge is 0.400 e. The Morgan fingerprint density at radius 1 is 1.53 bits per heavy atom. The van der Waals surface area contributed by atoms with Gasteiger partial charge >= 0.3 is 10.4 Å². The highest BCUT2D eigenvalue weighted by atomic mass is 32.3. The highest BCUT2D eigenvalue weighted by Crippen LogP contribution is 2.14. The highest BCUT2D eigenvalue weighted by molar-refractivity contribution is 7.87. The normalized spacial score (nSPS) is 25.2. The molecule has 0 aliphatic carbocycles. The predicted octanol–water partition coefficient (Wildman–Crippen LogP) is -0.821. The third-order valence-corrected chi connectivity index (χ3v) is 3.62. The van der Waals surface area contributed by atoms with Crippen LogP contribution >= 0.6 is 0 Å². The second-order valence-electron chi connectivity index (χ2n) is 2.71. The first-order valence-corrected chi connectivity index (χ1v) is 6.81. The van der Waals surface area contributed by atoms with Crippen molar-refractivity contribution in [2.24, 2.45) is 0 Å². The molecule has 0 saturated carbocycles. The van der Waals surface area contributed by atoms with Gasteiger partial charge in [0.05, 0.1) is 13.2 Å². The van der Waals surface area contributed by atoms with Gasteiger partial charge in [0, 0.05) is 0 Å². The Hall–Kier alpha value is -0.480. The summed E-state index contributed by atoms with van der Waals surface area (Å²) in [5.41, 5.74) is 0. The van der Waals surface area contributed by atoms with Gasteiger partial charge in [-0.25, -0.2) is 8.37 Å². The van der Waals surface area contributed by atoms with Crippen LogP contribution in [0.1, 0.15) is 0 Å². The Morgan fingerprint density at radius 3 is 2.67 bits per heavy atom. The van der Waals surface area contributed by atoms with Crippen molar-refractivity contribution in [3.63, 3.8) is 0 Å². The predicted molar refractivity (Wildman–Crippen MR) is 49.7 cm³/mol. The second-order valence-corrected chi connectivity index (χ2v) is 5.64. The average Bonchev–Trinajstić information content (AvgIpc) is 2.41. The molecule has 0 aromatic rings. The van der Waals surface area contributed by atoms with Crippen LogP contribution in [-0.2, 0) is 33.1 Å². The van der Waals surface area contributed by atoms with E-state index in [1.807, 2.05) is 0 Å². The fraction of sp³-hybridized carbons (Fsp3) is 0.667. The Kier molecular flexibility index (Phi) is 3.84. The summed E-state index contributed by atoms with van der Waals surface area (Å²) in [6.45, 7) is 2.70. The zero-order valence-corrected chi connectivity index (χ0v) is 9.29. The molecule has 0 N–H and O–H groups in total. The molecule has 1 aliphatic heterocycles. The first-order valence-electron chi connectivity index (χ1n) is 3.90. The standard InChI is InChI=1S/C6H10O7S2/c1-2-3-11-15(9,10)13-6-4-12-14(7,8)5-6/h2,6H,1,3-5H2. The van der Waals surface area contributed by atoms with Gasteiger partial charge in [-0.3, -0.25) is 4.18 Å². The number of hydrogen-bond donors (Lipinski definition) is 0. The topological polar surface area (TPSA) is 96.0 Å². The lowest BCUT2D eigenvalue weighted by Crippen LogP contribution is -2.23. The molecule has 0 aromatic heterocycles. The molecule has 15 heavy (non-hydrogen) atoms. The van der Waals surface area contributed by atoms with Crippen LogP contribution in [0.15, 0.2) is 12.7 Å². The number of rotatable bonds is 5. The van der Waals surface area contributed by atoms with E-state index in [0.717, 1.165) is 0 Å². The Bertz CT molecular complexity index is 420. The molecule has 7 nitrogen and oxygen atoms in total. The molecule has 1 saturated heterocycles. The van der Waals surface area contributed by atoms with Crippen molar-refractivity contribution in [1.82, 2.24) is 0 Å². The van der Waals surface area contributed by atoms with Crippen molar-refractivity contribution in [2.45, 2.75) is 6.10 Å². The van der Waals surface area contributed by atoms with E-state index >= 15 is 0 Å². The lowest BCUT2D eigenvalue weighted by Gasteiger charge is -2.07. The van der Waals surface area contributed by atoms with Crippen molar-refractivity contribution in [3.05, 3.63) is 12.7 Å². The van der Waals surface area contributed by atoms with Gasteiger partial charge in [0.2, 0.25) is 0 Å². The quantitative estimate of drug-likeness (QED) is 0.469. The lowest BCUT2D eigenvalue weighted by molar-refractivity contribution is 0.151. The van der Waals surface area contributed by atoms with Crippen LogP contribution in [-0.4, -0.2) is 41.9 Å². The van der Waals surface area contributed by atoms with E-state index in [0.29, 0.717) is 0 Å². The van der Waals surface area contributed by atoms with Crippen LogP contribution < -0.4 is 0 Å². The summed E-state index contributed by atoms with van der Waals surface area (Å²) in [7, 11) is -7.85. The average molecular weight is 258 g/mol. The molecule has 1 atom stereocenters. The fourth-order valence-corrected chi connectivity index (χ4v) is 2.82. The monoisotopic (exact) mass is 258 g/mol. The second kappa shape index (κ2) is 4.58. The highest BCUT2D eigenvalue weighted by Gasteiger charge is 2.33. The molecular formula is C6H10O7S2. The van der Waals surface area contributed by atoms with E-state index in [2.05, 4.69) is 19.1 Å². The molecule has 0 radical (unpaired) electrons. The molecule has 1 rings (SSSR count). The zero-order valence-electron chi connectivity index (χ0n) is 7.66. The third-order valence-electron chi connectivity index (χ3n) is 1.41. The van der Waals surface area contributed by atoms with E-state index < -0.39 is 32.4 Å². The van der Waals surface area contributed by atoms with Crippen LogP contribution in [0.5, 0.6) is 0 Å². The Labute approximate surface area is 88.1 Å². The molecular weight excluding hydrogens is 248 g/mol. The molecule has 1 fully saturated rings. The smallest absolute Gasteiger partial charge is 0.267 e. The van der Waals surface area contributed by atoms with Crippen molar-refractivity contribution in [1.29, 1.82) is 0 Å². The molecule has 0 spiro atoms. The lowest BCUT2D eigenvalue weighted by atomic mass is 10.5. The van der Waals surface area contributed by atoms with Crippen LogP contribution in [0.3, 0.4) is 0 Å². The maximum atomic E-state index is 11.0. The molecule has 0 aromatic carbocycles. The zero-order chi connectivity index (χ0) is 11.5. The molecule has 1 aliphatic rings. The van der Waals surface area contributed by atoms with Crippen LogP contribution in [0.2, 0.25) is 0 Å². The summed E-state index contributed by atoms with van der Waals surface area (Å²) >= 11 is 0. The van der Waals surface area contributed by atoms with Gasteiger partial charge in [-0.2, -0.15) is 16.8 Å². The van der Waals surface area contributed by atoms with E-state index in [1.165, 1.54) is 6.08 Å². The summed E-state index contributed by atoms with van der Waals surface area (Å²) in [6.07, 6.45) is 0.174. The molecule has 9 heteroatoms. The molecule has 88 valence electrons. The number of hydrogen-bond acceptors (Lipinski definition) is 7. The maximum absolute atomic E-state index is 11.0. The van der Waals surface area contributed by atoms with Gasteiger partial charge in [-0.05, 0) is 0 Å². The SMILES string of the molecule is C=CCOS(=O)(=O)OC1COS(=O)(=O)C1. The maximum Gasteiger partial charge on any atom is 0.400 e. The Balaban J connectivity index is 2.52. The Morgan fingerprint density at radius 2 is 2.20 bits per heavy atom. The minimum atomic E-state index is -4.19. The van der Waals surface area contributed by atoms with Crippen LogP contribution in [0.4, 0.5) is 0 Å². The fourth-order valence-electron chi connectivity index (χ4n) is 0.885. The van der Waals surface area contributed by atoms with E-state index in [1.54, 1.807) is 0 Å². The van der Waals surface area contributed by atoms with Crippen LogP contribution in [0, 0.1) is 0 Å². The van der Waals surface area contributed by atoms with Gasteiger partial charge in [0.15, 0.2) is 0 Å². The summed E-state index contributed by atoms with van der Waals surface area (Å²) in [6, 6.07) is 0. The molecule has 1 unspecified atom stereocenters. The van der Waals surface area contributed by atoms with E-state index in [9.17, 15) is 16.8 Å². The van der Waals surface area contributed by atoms with Gasteiger partial charge in [0.1, 0.15) is 11.9 Å². The van der Waals surface area contributed by atoms with Crippen molar-refractivity contribution in [2.75, 3.05) is 19.0 Å². The van der Waals surface area contributed by atoms with Crippen molar-refractivity contribution in [3.8, 4) is 0 Å². The summed E-state index contributed by atoms with van der Waals surface area (Å²) in [5.74, 6) is -0.496. The van der Waals surface area contributed by atoms with E-state index in [-0.39, 0.29) is 13.2 Å². The van der Waals surface area contributed by atoms with Crippen molar-refractivity contribution >= 4 is 20.5 Å².